The fourth-order valence-corrected chi connectivity index (χ4v) is 1.88. The van der Waals surface area contributed by atoms with Crippen molar-refractivity contribution in [1.82, 2.24) is 9.88 Å². The van der Waals surface area contributed by atoms with Crippen LogP contribution in [0.4, 0.5) is 4.79 Å². The number of ether oxygens (including phenoxy) is 1. The van der Waals surface area contributed by atoms with E-state index in [1.807, 2.05) is 67.4 Å². The van der Waals surface area contributed by atoms with Crippen LogP contribution in [0.25, 0.3) is 5.65 Å². The number of carbonyl (C=O) groups is 1. The van der Waals surface area contributed by atoms with Gasteiger partial charge in [-0.15, -0.1) is 0 Å². The van der Waals surface area contributed by atoms with Gasteiger partial charge in [0.05, 0.1) is 19.8 Å². The van der Waals surface area contributed by atoms with Crippen LogP contribution >= 0.6 is 0 Å². The van der Waals surface area contributed by atoms with E-state index in [9.17, 15) is 4.79 Å². The number of alkyl carbamates (subject to hydrolysis) is 1. The van der Waals surface area contributed by atoms with Gasteiger partial charge < -0.3 is 10.1 Å². The molecule has 19 heavy (non-hydrogen) atoms. The van der Waals surface area contributed by atoms with Crippen LogP contribution in [0.5, 0.6) is 0 Å². The van der Waals surface area contributed by atoms with Crippen molar-refractivity contribution in [3.05, 3.63) is 36.3 Å². The van der Waals surface area contributed by atoms with Crippen molar-refractivity contribution >= 4 is 11.7 Å². The molecular formula is C14H20N3O2+. The Labute approximate surface area is 112 Å². The van der Waals surface area contributed by atoms with Gasteiger partial charge in [0.1, 0.15) is 11.8 Å². The number of fused-ring (bicyclic) bond motifs is 1. The number of pyridine rings is 1. The Bertz CT molecular complexity index is 596. The molecular weight excluding hydrogens is 242 g/mol. The van der Waals surface area contributed by atoms with Crippen LogP contribution in [0, 0.1) is 0 Å². The van der Waals surface area contributed by atoms with E-state index in [1.54, 1.807) is 0 Å². The second kappa shape index (κ2) is 4.91. The number of rotatable bonds is 2. The Kier molecular flexibility index (Phi) is 3.46. The minimum Gasteiger partial charge on any atom is -0.444 e. The molecule has 2 heterocycles. The lowest BCUT2D eigenvalue weighted by Crippen LogP contribution is -2.32. The van der Waals surface area contributed by atoms with Crippen molar-refractivity contribution in [2.75, 3.05) is 0 Å². The van der Waals surface area contributed by atoms with Gasteiger partial charge in [0.2, 0.25) is 0 Å². The number of carbonyl (C=O) groups excluding carboxylic acids is 1. The average molecular weight is 262 g/mol. The van der Waals surface area contributed by atoms with Gasteiger partial charge >= 0.3 is 6.09 Å². The number of imidazole rings is 1. The Hall–Kier alpha value is -2.04. The van der Waals surface area contributed by atoms with Crippen LogP contribution in [0.3, 0.4) is 0 Å². The van der Waals surface area contributed by atoms with Crippen LogP contribution in [0.15, 0.2) is 30.6 Å². The Morgan fingerprint density at radius 1 is 1.42 bits per heavy atom. The van der Waals surface area contributed by atoms with E-state index in [0.717, 1.165) is 11.3 Å². The fraction of sp³-hybridized carbons (Fsp3) is 0.429. The second-order valence-corrected chi connectivity index (χ2v) is 5.50. The number of aryl methyl sites for hydroxylation is 1. The van der Waals surface area contributed by atoms with Crippen LogP contribution in [0.2, 0.25) is 0 Å². The summed E-state index contributed by atoms with van der Waals surface area (Å²) in [5, 5.41) is 2.76. The highest BCUT2D eigenvalue weighted by Crippen LogP contribution is 2.07. The fourth-order valence-electron chi connectivity index (χ4n) is 1.88. The lowest BCUT2D eigenvalue weighted by molar-refractivity contribution is -0.510. The normalized spacial score (nSPS) is 11.6. The van der Waals surface area contributed by atoms with Gasteiger partial charge in [-0.25, -0.2) is 13.8 Å². The maximum absolute atomic E-state index is 11.6. The first kappa shape index (κ1) is 13.4. The van der Waals surface area contributed by atoms with Gasteiger partial charge in [0, 0.05) is 6.07 Å². The van der Waals surface area contributed by atoms with Gasteiger partial charge in [-0.1, -0.05) is 6.07 Å². The molecule has 5 heteroatoms. The number of hydrogen-bond donors (Lipinski definition) is 1. The third kappa shape index (κ3) is 3.24. The first-order chi connectivity index (χ1) is 8.87. The molecule has 1 N–H and O–H groups in total. The molecule has 0 fully saturated rings. The molecule has 0 atom stereocenters. The predicted octanol–water partition coefficient (Wildman–Crippen LogP) is 1.79. The van der Waals surface area contributed by atoms with E-state index in [4.69, 9.17) is 4.74 Å². The summed E-state index contributed by atoms with van der Waals surface area (Å²) in [6.45, 7) is 5.98. The minimum atomic E-state index is -0.474. The zero-order valence-corrected chi connectivity index (χ0v) is 11.8. The second-order valence-electron chi connectivity index (χ2n) is 5.50. The highest BCUT2D eigenvalue weighted by molar-refractivity contribution is 5.67. The summed E-state index contributed by atoms with van der Waals surface area (Å²) in [6, 6.07) is 5.98. The molecule has 0 bridgehead atoms. The zero-order valence-electron chi connectivity index (χ0n) is 11.8. The van der Waals surface area contributed by atoms with E-state index in [2.05, 4.69) is 5.32 Å². The molecule has 0 saturated carbocycles. The van der Waals surface area contributed by atoms with E-state index in [0.29, 0.717) is 6.54 Å². The van der Waals surface area contributed by atoms with Crippen molar-refractivity contribution in [2.24, 2.45) is 7.05 Å². The van der Waals surface area contributed by atoms with Crippen molar-refractivity contribution in [3.8, 4) is 0 Å². The summed E-state index contributed by atoms with van der Waals surface area (Å²) in [7, 11) is 1.97. The van der Waals surface area contributed by atoms with Gasteiger partial charge in [-0.05, 0) is 26.8 Å². The van der Waals surface area contributed by atoms with Crippen LogP contribution in [-0.4, -0.2) is 16.3 Å². The average Bonchev–Trinajstić information content (AvgIpc) is 2.62. The third-order valence-electron chi connectivity index (χ3n) is 2.74. The van der Waals surface area contributed by atoms with E-state index in [-0.39, 0.29) is 0 Å². The number of amides is 1. The minimum absolute atomic E-state index is 0.400. The van der Waals surface area contributed by atoms with Gasteiger partial charge in [-0.3, -0.25) is 0 Å². The molecule has 5 nitrogen and oxygen atoms in total. The van der Waals surface area contributed by atoms with Crippen molar-refractivity contribution in [2.45, 2.75) is 32.9 Å². The quantitative estimate of drug-likeness (QED) is 0.839. The first-order valence-corrected chi connectivity index (χ1v) is 6.28. The summed E-state index contributed by atoms with van der Waals surface area (Å²) in [5.74, 6) is 0. The summed E-state index contributed by atoms with van der Waals surface area (Å²) < 4.78 is 9.27. The molecule has 2 aromatic heterocycles. The monoisotopic (exact) mass is 262 g/mol. The topological polar surface area (TPSA) is 47.4 Å². The lowest BCUT2D eigenvalue weighted by Gasteiger charge is -2.19. The summed E-state index contributed by atoms with van der Waals surface area (Å²) in [4.78, 5) is 11.6. The smallest absolute Gasteiger partial charge is 0.408 e. The van der Waals surface area contributed by atoms with Crippen molar-refractivity contribution < 1.29 is 13.9 Å². The zero-order chi connectivity index (χ0) is 14.0. The summed E-state index contributed by atoms with van der Waals surface area (Å²) in [5.41, 5.74) is 1.61. The summed E-state index contributed by atoms with van der Waals surface area (Å²) in [6.07, 6.45) is 3.57. The molecule has 0 aliphatic heterocycles. The molecule has 0 aromatic carbocycles. The highest BCUT2D eigenvalue weighted by atomic mass is 16.6. The Morgan fingerprint density at radius 2 is 2.16 bits per heavy atom. The van der Waals surface area contributed by atoms with Crippen LogP contribution in [0.1, 0.15) is 26.5 Å². The highest BCUT2D eigenvalue weighted by Gasteiger charge is 2.18. The molecule has 0 saturated heterocycles. The molecule has 0 radical (unpaired) electrons. The summed E-state index contributed by atoms with van der Waals surface area (Å²) >= 11 is 0. The predicted molar refractivity (Wildman–Crippen MR) is 71.6 cm³/mol. The molecule has 1 amide bonds. The van der Waals surface area contributed by atoms with E-state index >= 15 is 0 Å². The molecule has 102 valence electrons. The Morgan fingerprint density at radius 3 is 2.79 bits per heavy atom. The maximum atomic E-state index is 11.6. The van der Waals surface area contributed by atoms with Crippen molar-refractivity contribution in [3.63, 3.8) is 0 Å². The molecule has 0 spiro atoms. The third-order valence-corrected chi connectivity index (χ3v) is 2.74. The Balaban J connectivity index is 2.06. The van der Waals surface area contributed by atoms with Crippen LogP contribution < -0.4 is 9.72 Å². The van der Waals surface area contributed by atoms with Gasteiger partial charge in [0.25, 0.3) is 5.65 Å². The molecule has 2 aromatic rings. The number of aromatic nitrogens is 2. The number of hydrogen-bond acceptors (Lipinski definition) is 2. The van der Waals surface area contributed by atoms with Crippen molar-refractivity contribution in [1.29, 1.82) is 0 Å². The molecule has 0 aliphatic carbocycles. The molecule has 2 rings (SSSR count). The first-order valence-electron chi connectivity index (χ1n) is 6.28. The SMILES string of the molecule is Cn1c(CNC(=O)OC(C)(C)C)c[n+]2ccccc12. The van der Waals surface area contributed by atoms with E-state index < -0.39 is 11.7 Å². The van der Waals surface area contributed by atoms with Gasteiger partial charge in [-0.2, -0.15) is 0 Å². The van der Waals surface area contributed by atoms with E-state index in [1.165, 1.54) is 0 Å². The van der Waals surface area contributed by atoms with Gasteiger partial charge in [0.15, 0.2) is 5.69 Å². The largest absolute Gasteiger partial charge is 0.444 e. The molecule has 0 unspecified atom stereocenters. The van der Waals surface area contributed by atoms with Crippen LogP contribution in [-0.2, 0) is 18.3 Å². The number of nitrogens with one attached hydrogen (secondary N) is 1. The maximum Gasteiger partial charge on any atom is 0.408 e. The molecule has 0 aliphatic rings. The standard InChI is InChI=1S/C14H19N3O2/c1-14(2,3)19-13(18)15-9-11-10-17-8-6-5-7-12(17)16(11)4/h5-8,10H,9H2,1-4H3/p+1. The lowest BCUT2D eigenvalue weighted by atomic mass is 10.2. The number of nitrogens with zero attached hydrogens (tertiary/aromatic N) is 2.